The first-order valence-electron chi connectivity index (χ1n) is 5.37. The SMILES string of the molecule is CC1(C)C(=O)N(CCC#N)c2ccccc21. The first-order valence-corrected chi connectivity index (χ1v) is 5.37. The zero-order chi connectivity index (χ0) is 11.8. The van der Waals surface area contributed by atoms with Gasteiger partial charge in [0, 0.05) is 12.2 Å². The highest BCUT2D eigenvalue weighted by atomic mass is 16.2. The second-order valence-corrected chi connectivity index (χ2v) is 4.51. The fraction of sp³-hybridized carbons (Fsp3) is 0.385. The van der Waals surface area contributed by atoms with E-state index in [9.17, 15) is 4.79 Å². The summed E-state index contributed by atoms with van der Waals surface area (Å²) in [7, 11) is 0. The summed E-state index contributed by atoms with van der Waals surface area (Å²) < 4.78 is 0. The number of hydrogen-bond acceptors (Lipinski definition) is 2. The molecule has 1 aliphatic rings. The van der Waals surface area contributed by atoms with Crippen molar-refractivity contribution in [3.63, 3.8) is 0 Å². The van der Waals surface area contributed by atoms with Gasteiger partial charge in [-0.05, 0) is 25.5 Å². The quantitative estimate of drug-likeness (QED) is 0.757. The predicted molar refractivity (Wildman–Crippen MR) is 62.1 cm³/mol. The van der Waals surface area contributed by atoms with Crippen molar-refractivity contribution in [2.75, 3.05) is 11.4 Å². The first kappa shape index (κ1) is 10.7. The monoisotopic (exact) mass is 214 g/mol. The Hall–Kier alpha value is -1.82. The van der Waals surface area contributed by atoms with Crippen molar-refractivity contribution in [2.45, 2.75) is 25.7 Å². The lowest BCUT2D eigenvalue weighted by Crippen LogP contribution is -2.36. The third-order valence-corrected chi connectivity index (χ3v) is 3.10. The van der Waals surface area contributed by atoms with Gasteiger partial charge in [0.1, 0.15) is 0 Å². The number of carbonyl (C=O) groups excluding carboxylic acids is 1. The topological polar surface area (TPSA) is 44.1 Å². The largest absolute Gasteiger partial charge is 0.310 e. The van der Waals surface area contributed by atoms with Gasteiger partial charge in [0.15, 0.2) is 0 Å². The molecular weight excluding hydrogens is 200 g/mol. The summed E-state index contributed by atoms with van der Waals surface area (Å²) in [4.78, 5) is 13.9. The molecule has 1 heterocycles. The van der Waals surface area contributed by atoms with Gasteiger partial charge in [-0.25, -0.2) is 0 Å². The van der Waals surface area contributed by atoms with Crippen LogP contribution in [0.5, 0.6) is 0 Å². The van der Waals surface area contributed by atoms with Crippen LogP contribution in [0, 0.1) is 11.3 Å². The van der Waals surface area contributed by atoms with Gasteiger partial charge in [-0.1, -0.05) is 18.2 Å². The Morgan fingerprint density at radius 3 is 2.75 bits per heavy atom. The third kappa shape index (κ3) is 1.38. The number of hydrogen-bond donors (Lipinski definition) is 0. The summed E-state index contributed by atoms with van der Waals surface area (Å²) in [6, 6.07) is 9.88. The molecule has 0 spiro atoms. The molecule has 0 aliphatic carbocycles. The van der Waals surface area contributed by atoms with Gasteiger partial charge in [0.05, 0.1) is 17.9 Å². The molecule has 82 valence electrons. The van der Waals surface area contributed by atoms with Crippen LogP contribution in [0.3, 0.4) is 0 Å². The van der Waals surface area contributed by atoms with E-state index in [1.807, 2.05) is 38.1 Å². The fourth-order valence-electron chi connectivity index (χ4n) is 2.18. The molecule has 0 atom stereocenters. The molecule has 3 nitrogen and oxygen atoms in total. The Morgan fingerprint density at radius 2 is 2.06 bits per heavy atom. The van der Waals surface area contributed by atoms with Crippen molar-refractivity contribution in [3.8, 4) is 6.07 Å². The normalized spacial score (nSPS) is 17.1. The average molecular weight is 214 g/mol. The van der Waals surface area contributed by atoms with Crippen molar-refractivity contribution >= 4 is 11.6 Å². The van der Waals surface area contributed by atoms with Gasteiger partial charge >= 0.3 is 0 Å². The molecule has 2 rings (SSSR count). The molecule has 0 unspecified atom stereocenters. The summed E-state index contributed by atoms with van der Waals surface area (Å²) in [5, 5.41) is 8.60. The van der Waals surface area contributed by atoms with Crippen LogP contribution in [0.15, 0.2) is 24.3 Å². The minimum absolute atomic E-state index is 0.0870. The van der Waals surface area contributed by atoms with E-state index >= 15 is 0 Å². The number of nitrogens with zero attached hydrogens (tertiary/aromatic N) is 2. The molecule has 1 amide bonds. The van der Waals surface area contributed by atoms with Gasteiger partial charge in [0.25, 0.3) is 0 Å². The van der Waals surface area contributed by atoms with Gasteiger partial charge in [-0.3, -0.25) is 4.79 Å². The molecule has 0 bridgehead atoms. The van der Waals surface area contributed by atoms with Crippen LogP contribution in [0.4, 0.5) is 5.69 Å². The summed E-state index contributed by atoms with van der Waals surface area (Å²) in [6.45, 7) is 4.34. The maximum atomic E-state index is 12.2. The van der Waals surface area contributed by atoms with Crippen molar-refractivity contribution in [1.29, 1.82) is 5.26 Å². The summed E-state index contributed by atoms with van der Waals surface area (Å²) >= 11 is 0. The lowest BCUT2D eigenvalue weighted by Gasteiger charge is -2.19. The number of anilines is 1. The molecule has 0 radical (unpaired) electrons. The number of fused-ring (bicyclic) bond motifs is 1. The zero-order valence-electron chi connectivity index (χ0n) is 9.53. The molecule has 0 aromatic heterocycles. The Morgan fingerprint density at radius 1 is 1.38 bits per heavy atom. The Labute approximate surface area is 95.3 Å². The highest BCUT2D eigenvalue weighted by Crippen LogP contribution is 2.41. The van der Waals surface area contributed by atoms with E-state index < -0.39 is 5.41 Å². The van der Waals surface area contributed by atoms with Gasteiger partial charge in [-0.15, -0.1) is 0 Å². The highest BCUT2D eigenvalue weighted by Gasteiger charge is 2.43. The van der Waals surface area contributed by atoms with E-state index in [4.69, 9.17) is 5.26 Å². The number of amides is 1. The first-order chi connectivity index (χ1) is 7.59. The summed E-state index contributed by atoms with van der Waals surface area (Å²) in [5.41, 5.74) is 1.54. The molecule has 1 aromatic rings. The zero-order valence-corrected chi connectivity index (χ0v) is 9.53. The highest BCUT2D eigenvalue weighted by molar-refractivity contribution is 6.07. The molecule has 3 heteroatoms. The summed E-state index contributed by atoms with van der Waals surface area (Å²) in [6.07, 6.45) is 0.371. The van der Waals surface area contributed by atoms with E-state index in [1.165, 1.54) is 0 Å². The van der Waals surface area contributed by atoms with Gasteiger partial charge < -0.3 is 4.90 Å². The van der Waals surface area contributed by atoms with E-state index in [2.05, 4.69) is 6.07 Å². The average Bonchev–Trinajstić information content (AvgIpc) is 2.47. The smallest absolute Gasteiger partial charge is 0.237 e. The van der Waals surface area contributed by atoms with Crippen molar-refractivity contribution < 1.29 is 4.79 Å². The van der Waals surface area contributed by atoms with Crippen molar-refractivity contribution in [2.24, 2.45) is 0 Å². The predicted octanol–water partition coefficient (Wildman–Crippen LogP) is 2.22. The molecule has 0 N–H and O–H groups in total. The molecule has 0 fully saturated rings. The Kier molecular flexibility index (Phi) is 2.43. The fourth-order valence-corrected chi connectivity index (χ4v) is 2.18. The molecule has 0 saturated heterocycles. The Balaban J connectivity index is 2.44. The second-order valence-electron chi connectivity index (χ2n) is 4.51. The summed E-state index contributed by atoms with van der Waals surface area (Å²) in [5.74, 6) is 0.0870. The second kappa shape index (κ2) is 3.64. The van der Waals surface area contributed by atoms with E-state index in [1.54, 1.807) is 4.90 Å². The maximum Gasteiger partial charge on any atom is 0.237 e. The molecule has 0 saturated carbocycles. The van der Waals surface area contributed by atoms with Crippen LogP contribution in [0.2, 0.25) is 0 Å². The van der Waals surface area contributed by atoms with Gasteiger partial charge in [-0.2, -0.15) is 5.26 Å². The molecule has 1 aliphatic heterocycles. The van der Waals surface area contributed by atoms with Crippen LogP contribution in [0.1, 0.15) is 25.8 Å². The Bertz CT molecular complexity index is 471. The number of nitriles is 1. The minimum atomic E-state index is -0.466. The van der Waals surface area contributed by atoms with Crippen molar-refractivity contribution in [1.82, 2.24) is 0 Å². The molecule has 16 heavy (non-hydrogen) atoms. The van der Waals surface area contributed by atoms with Gasteiger partial charge in [0.2, 0.25) is 5.91 Å². The van der Waals surface area contributed by atoms with Crippen LogP contribution >= 0.6 is 0 Å². The lowest BCUT2D eigenvalue weighted by molar-refractivity contribution is -0.122. The van der Waals surface area contributed by atoms with E-state index in [0.717, 1.165) is 11.3 Å². The van der Waals surface area contributed by atoms with E-state index in [-0.39, 0.29) is 5.91 Å². The number of rotatable bonds is 2. The third-order valence-electron chi connectivity index (χ3n) is 3.10. The lowest BCUT2D eigenvalue weighted by atomic mass is 9.86. The minimum Gasteiger partial charge on any atom is -0.310 e. The van der Waals surface area contributed by atoms with Crippen LogP contribution in [-0.2, 0) is 10.2 Å². The van der Waals surface area contributed by atoms with Crippen LogP contribution in [0.25, 0.3) is 0 Å². The van der Waals surface area contributed by atoms with Crippen LogP contribution in [-0.4, -0.2) is 12.5 Å². The standard InChI is InChI=1S/C13H14N2O/c1-13(2)10-6-3-4-7-11(10)15(12(13)16)9-5-8-14/h3-4,6-7H,5,9H2,1-2H3. The maximum absolute atomic E-state index is 12.2. The number of para-hydroxylation sites is 1. The van der Waals surface area contributed by atoms with E-state index in [0.29, 0.717) is 13.0 Å². The molecule has 1 aromatic carbocycles. The van der Waals surface area contributed by atoms with Crippen LogP contribution < -0.4 is 4.90 Å². The number of carbonyl (C=O) groups is 1. The molecular formula is C13H14N2O. The van der Waals surface area contributed by atoms with Crippen molar-refractivity contribution in [3.05, 3.63) is 29.8 Å². The number of benzene rings is 1.